The molecule has 2 aromatic rings. The molecule has 4 aliphatic heterocycles. The van der Waals surface area contributed by atoms with Crippen LogP contribution in [-0.2, 0) is 16.6 Å². The van der Waals surface area contributed by atoms with Gasteiger partial charge in [-0.1, -0.05) is 0 Å². The van der Waals surface area contributed by atoms with Crippen molar-refractivity contribution in [3.63, 3.8) is 0 Å². The number of thiophene rings is 1. The SMILES string of the molecule is N#Cc1c(N)sc2c1C1(CC2)CN(c2nc(OCC3(CN4CCOCC4)CC3)nc(N3CC4CCC(C3)N4)c2F)C1. The molecule has 3 N–H and O–H groups in total. The lowest BCUT2D eigenvalue weighted by Crippen LogP contribution is -2.59. The van der Waals surface area contributed by atoms with Crippen LogP contribution in [0.25, 0.3) is 0 Å². The summed E-state index contributed by atoms with van der Waals surface area (Å²) in [5.41, 5.74) is 7.82. The molecule has 12 heteroatoms. The number of morpholine rings is 1. The molecule has 1 saturated carbocycles. The van der Waals surface area contributed by atoms with Crippen molar-refractivity contribution >= 4 is 28.0 Å². The molecular weight excluding hydrogens is 543 g/mol. The van der Waals surface area contributed by atoms with Crippen LogP contribution in [0.5, 0.6) is 6.01 Å². The molecule has 6 aliphatic rings. The van der Waals surface area contributed by atoms with Gasteiger partial charge in [0.2, 0.25) is 5.82 Å². The van der Waals surface area contributed by atoms with E-state index in [9.17, 15) is 5.26 Å². The third-order valence-electron chi connectivity index (χ3n) is 10.2. The number of hydrogen-bond acceptors (Lipinski definition) is 11. The smallest absolute Gasteiger partial charge is 0.320 e. The summed E-state index contributed by atoms with van der Waals surface area (Å²) < 4.78 is 28.2. The number of piperazine rings is 1. The lowest BCUT2D eigenvalue weighted by Gasteiger charge is -2.49. The van der Waals surface area contributed by atoms with Crippen LogP contribution in [0.1, 0.15) is 48.1 Å². The Kier molecular flexibility index (Phi) is 6.11. The number of fused-ring (bicyclic) bond motifs is 4. The summed E-state index contributed by atoms with van der Waals surface area (Å²) in [6.45, 7) is 7.70. The van der Waals surface area contributed by atoms with E-state index in [1.54, 1.807) is 0 Å². The van der Waals surface area contributed by atoms with Crippen molar-refractivity contribution in [2.24, 2.45) is 5.41 Å². The maximum Gasteiger partial charge on any atom is 0.320 e. The Bertz CT molecular complexity index is 1380. The van der Waals surface area contributed by atoms with E-state index in [-0.39, 0.29) is 22.7 Å². The van der Waals surface area contributed by atoms with Crippen LogP contribution in [0.15, 0.2) is 0 Å². The summed E-state index contributed by atoms with van der Waals surface area (Å²) >= 11 is 1.53. The molecule has 2 atom stereocenters. The Labute approximate surface area is 243 Å². The number of nitrogens with two attached hydrogens (primary N) is 1. The maximum atomic E-state index is 16.3. The number of nitrogen functional groups attached to an aromatic ring is 1. The number of ether oxygens (including phenoxy) is 2. The average Bonchev–Trinajstić information content (AvgIpc) is 3.32. The number of nitrogens with zero attached hydrogens (tertiary/aromatic N) is 6. The second-order valence-electron chi connectivity index (χ2n) is 13.1. The molecule has 218 valence electrons. The Balaban J connectivity index is 1.06. The standard InChI is InChI=1S/C29H37FN8O2S/c30-23-25(37-12-18-1-2-19(13-37)33-18)34-27(40-17-28(5-6-28)14-36-7-9-39-10-8-36)35-26(23)38-15-29(16-38)4-3-21-22(29)20(11-31)24(32)41-21/h18-19,33H,1-10,12-17,32H2. The summed E-state index contributed by atoms with van der Waals surface area (Å²) in [6.07, 6.45) is 6.32. The van der Waals surface area contributed by atoms with Crippen LogP contribution in [0.2, 0.25) is 0 Å². The highest BCUT2D eigenvalue weighted by Gasteiger charge is 2.52. The van der Waals surface area contributed by atoms with Crippen molar-refractivity contribution in [3.8, 4) is 12.1 Å². The lowest BCUT2D eigenvalue weighted by atomic mass is 9.74. The summed E-state index contributed by atoms with van der Waals surface area (Å²) in [5.74, 6) is 0.299. The Morgan fingerprint density at radius 3 is 2.49 bits per heavy atom. The fraction of sp³-hybridized carbons (Fsp3) is 0.690. The van der Waals surface area contributed by atoms with Gasteiger partial charge in [-0.3, -0.25) is 4.90 Å². The van der Waals surface area contributed by atoms with Gasteiger partial charge in [0.1, 0.15) is 11.1 Å². The predicted molar refractivity (Wildman–Crippen MR) is 154 cm³/mol. The summed E-state index contributed by atoms with van der Waals surface area (Å²) in [6, 6.07) is 3.31. The van der Waals surface area contributed by atoms with E-state index in [1.807, 2.05) is 4.90 Å². The molecule has 2 aliphatic carbocycles. The van der Waals surface area contributed by atoms with Crippen molar-refractivity contribution in [1.82, 2.24) is 20.2 Å². The molecule has 2 bridgehead atoms. The number of anilines is 3. The number of aryl methyl sites for hydroxylation is 1. The highest BCUT2D eigenvalue weighted by Crippen LogP contribution is 2.53. The van der Waals surface area contributed by atoms with Gasteiger partial charge in [-0.25, -0.2) is 0 Å². The second-order valence-corrected chi connectivity index (χ2v) is 14.2. The largest absolute Gasteiger partial charge is 0.463 e. The first-order valence-electron chi connectivity index (χ1n) is 15.0. The van der Waals surface area contributed by atoms with Crippen LogP contribution < -0.4 is 25.6 Å². The number of nitrogens with one attached hydrogen (secondary N) is 1. The van der Waals surface area contributed by atoms with Gasteiger partial charge in [0.05, 0.1) is 25.4 Å². The van der Waals surface area contributed by atoms with Gasteiger partial charge in [-0.2, -0.15) is 19.6 Å². The summed E-state index contributed by atoms with van der Waals surface area (Å²) in [7, 11) is 0. The van der Waals surface area contributed by atoms with Gasteiger partial charge in [0, 0.05) is 73.6 Å². The van der Waals surface area contributed by atoms with Crippen LogP contribution in [0, 0.1) is 22.6 Å². The molecule has 0 radical (unpaired) electrons. The van der Waals surface area contributed by atoms with Crippen molar-refractivity contribution in [2.75, 3.05) is 81.2 Å². The first kappa shape index (κ1) is 25.9. The number of rotatable bonds is 7. The van der Waals surface area contributed by atoms with Crippen LogP contribution >= 0.6 is 11.3 Å². The van der Waals surface area contributed by atoms with Gasteiger partial charge >= 0.3 is 6.01 Å². The normalized spacial score (nSPS) is 27.5. The highest BCUT2D eigenvalue weighted by molar-refractivity contribution is 7.16. The van der Waals surface area contributed by atoms with Gasteiger partial charge in [-0.15, -0.1) is 11.3 Å². The van der Waals surface area contributed by atoms with Crippen LogP contribution in [-0.4, -0.2) is 92.6 Å². The van der Waals surface area contributed by atoms with Gasteiger partial charge in [-0.05, 0) is 44.1 Å². The summed E-state index contributed by atoms with van der Waals surface area (Å²) in [5, 5.41) is 14.0. The topological polar surface area (TPSA) is 116 Å². The first-order valence-corrected chi connectivity index (χ1v) is 15.8. The predicted octanol–water partition coefficient (Wildman–Crippen LogP) is 2.27. The molecule has 2 aromatic heterocycles. The average molecular weight is 581 g/mol. The molecule has 1 spiro atoms. The van der Waals surface area contributed by atoms with Crippen molar-refractivity contribution in [2.45, 2.75) is 56.0 Å². The zero-order chi connectivity index (χ0) is 27.8. The third kappa shape index (κ3) is 4.44. The quantitative estimate of drug-likeness (QED) is 0.505. The van der Waals surface area contributed by atoms with Crippen LogP contribution in [0.4, 0.5) is 21.0 Å². The molecule has 8 rings (SSSR count). The first-order chi connectivity index (χ1) is 19.9. The van der Waals surface area contributed by atoms with Gasteiger partial charge < -0.3 is 30.3 Å². The highest BCUT2D eigenvalue weighted by atomic mass is 32.1. The maximum absolute atomic E-state index is 16.3. The molecule has 6 heterocycles. The molecule has 10 nitrogen and oxygen atoms in total. The number of aromatic nitrogens is 2. The van der Waals surface area contributed by atoms with E-state index in [0.29, 0.717) is 54.0 Å². The summed E-state index contributed by atoms with van der Waals surface area (Å²) in [4.78, 5) is 17.2. The Hall–Kier alpha value is -2.72. The molecule has 5 fully saturated rings. The monoisotopic (exact) mass is 580 g/mol. The minimum absolute atomic E-state index is 0.108. The Morgan fingerprint density at radius 2 is 1.80 bits per heavy atom. The molecule has 0 amide bonds. The number of halogens is 1. The van der Waals surface area contributed by atoms with Gasteiger partial charge in [0.15, 0.2) is 11.6 Å². The van der Waals surface area contributed by atoms with E-state index >= 15 is 4.39 Å². The van der Waals surface area contributed by atoms with E-state index in [4.69, 9.17) is 25.2 Å². The fourth-order valence-electron chi connectivity index (χ4n) is 7.81. The molecular formula is C29H37FN8O2S. The van der Waals surface area contributed by atoms with Crippen molar-refractivity contribution < 1.29 is 13.9 Å². The minimum atomic E-state index is -0.369. The Morgan fingerprint density at radius 1 is 1.10 bits per heavy atom. The van der Waals surface area contributed by atoms with Crippen molar-refractivity contribution in [1.29, 1.82) is 5.26 Å². The minimum Gasteiger partial charge on any atom is -0.463 e. The van der Waals surface area contributed by atoms with E-state index in [2.05, 4.69) is 21.2 Å². The zero-order valence-electron chi connectivity index (χ0n) is 23.3. The fourth-order valence-corrected chi connectivity index (χ4v) is 8.95. The van der Waals surface area contributed by atoms with Gasteiger partial charge in [0.25, 0.3) is 0 Å². The molecule has 0 aromatic carbocycles. The van der Waals surface area contributed by atoms with Crippen LogP contribution in [0.3, 0.4) is 0 Å². The zero-order valence-corrected chi connectivity index (χ0v) is 24.1. The van der Waals surface area contributed by atoms with E-state index in [1.165, 1.54) is 16.2 Å². The second kappa shape index (κ2) is 9.66. The number of nitriles is 1. The third-order valence-corrected chi connectivity index (χ3v) is 11.3. The van der Waals surface area contributed by atoms with E-state index in [0.717, 1.165) is 90.0 Å². The molecule has 2 unspecified atom stereocenters. The lowest BCUT2D eigenvalue weighted by molar-refractivity contribution is 0.0231. The molecule has 41 heavy (non-hydrogen) atoms. The number of hydrogen-bond donors (Lipinski definition) is 2. The van der Waals surface area contributed by atoms with E-state index < -0.39 is 0 Å². The molecule has 4 saturated heterocycles. The van der Waals surface area contributed by atoms with Crippen molar-refractivity contribution in [3.05, 3.63) is 21.8 Å².